The summed E-state index contributed by atoms with van der Waals surface area (Å²) in [7, 11) is 4.14. The number of fused-ring (bicyclic) bond motifs is 1. The van der Waals surface area contributed by atoms with Crippen LogP contribution >= 0.6 is 0 Å². The van der Waals surface area contributed by atoms with Crippen molar-refractivity contribution in [3.05, 3.63) is 11.9 Å². The highest BCUT2D eigenvalue weighted by Crippen LogP contribution is 2.45. The minimum Gasteiger partial charge on any atom is -0.493 e. The molecule has 0 aliphatic heterocycles. The number of alkyl halides is 3. The molecule has 1 aliphatic carbocycles. The van der Waals surface area contributed by atoms with E-state index in [9.17, 15) is 13.2 Å². The molecule has 1 N–H and O–H groups in total. The van der Waals surface area contributed by atoms with Crippen molar-refractivity contribution in [2.24, 2.45) is 0 Å². The van der Waals surface area contributed by atoms with Crippen molar-refractivity contribution in [2.75, 3.05) is 26.6 Å². The van der Waals surface area contributed by atoms with Gasteiger partial charge in [0.1, 0.15) is 11.3 Å². The fourth-order valence-corrected chi connectivity index (χ4v) is 2.39. The maximum absolute atomic E-state index is 13.2. The highest BCUT2D eigenvalue weighted by molar-refractivity contribution is 5.97. The average Bonchev–Trinajstić information content (AvgIpc) is 3.35. The molecule has 0 amide bonds. The summed E-state index contributed by atoms with van der Waals surface area (Å²) in [4.78, 5) is 7.31. The summed E-state index contributed by atoms with van der Waals surface area (Å²) in [5, 5.41) is 3.39. The smallest absolute Gasteiger partial charge is 0.451 e. The first-order valence-electron chi connectivity index (χ1n) is 7.23. The summed E-state index contributed by atoms with van der Waals surface area (Å²) in [5.41, 5.74) is 0.0145. The molecule has 130 valence electrons. The summed E-state index contributed by atoms with van der Waals surface area (Å²) in [5.74, 6) is -0.558. The first kappa shape index (κ1) is 16.4. The second-order valence-corrected chi connectivity index (χ2v) is 5.35. The molecule has 0 radical (unpaired) electrons. The molecular formula is C15H16F3N3O3. The van der Waals surface area contributed by atoms with Crippen molar-refractivity contribution in [1.29, 1.82) is 0 Å². The van der Waals surface area contributed by atoms with Crippen molar-refractivity contribution in [3.63, 3.8) is 0 Å². The fraction of sp³-hybridized carbons (Fsp3) is 0.467. The highest BCUT2D eigenvalue weighted by atomic mass is 19.4. The second-order valence-electron chi connectivity index (χ2n) is 5.35. The quantitative estimate of drug-likeness (QED) is 0.899. The van der Waals surface area contributed by atoms with E-state index in [1.165, 1.54) is 21.3 Å². The van der Waals surface area contributed by atoms with Gasteiger partial charge in [0.15, 0.2) is 11.5 Å². The van der Waals surface area contributed by atoms with Crippen molar-refractivity contribution in [3.8, 4) is 17.2 Å². The van der Waals surface area contributed by atoms with Crippen molar-refractivity contribution < 1.29 is 27.4 Å². The molecule has 1 heterocycles. The Hall–Kier alpha value is -2.45. The van der Waals surface area contributed by atoms with Gasteiger partial charge in [-0.1, -0.05) is 0 Å². The number of rotatable bonds is 5. The monoisotopic (exact) mass is 343 g/mol. The number of nitrogens with one attached hydrogen (secondary N) is 1. The molecule has 0 unspecified atom stereocenters. The third-order valence-electron chi connectivity index (χ3n) is 3.67. The zero-order valence-corrected chi connectivity index (χ0v) is 13.3. The van der Waals surface area contributed by atoms with E-state index in [0.717, 1.165) is 12.8 Å². The number of hydrogen-bond donors (Lipinski definition) is 1. The minimum atomic E-state index is -4.67. The Labute approximate surface area is 135 Å². The van der Waals surface area contributed by atoms with Crippen LogP contribution in [0.1, 0.15) is 18.7 Å². The van der Waals surface area contributed by atoms with Gasteiger partial charge in [0.2, 0.25) is 11.6 Å². The number of benzene rings is 1. The van der Waals surface area contributed by atoms with Gasteiger partial charge in [-0.2, -0.15) is 13.2 Å². The highest BCUT2D eigenvalue weighted by Gasteiger charge is 2.37. The number of nitrogens with zero attached hydrogens (tertiary/aromatic N) is 2. The van der Waals surface area contributed by atoms with Gasteiger partial charge in [-0.25, -0.2) is 9.97 Å². The van der Waals surface area contributed by atoms with Gasteiger partial charge in [0.05, 0.1) is 26.7 Å². The Balaban J connectivity index is 2.33. The lowest BCUT2D eigenvalue weighted by molar-refractivity contribution is -0.144. The summed E-state index contributed by atoms with van der Waals surface area (Å²) >= 11 is 0. The van der Waals surface area contributed by atoms with Crippen LogP contribution in [0, 0.1) is 0 Å². The van der Waals surface area contributed by atoms with Gasteiger partial charge in [-0.15, -0.1) is 0 Å². The molecule has 24 heavy (non-hydrogen) atoms. The van der Waals surface area contributed by atoms with Gasteiger partial charge in [-0.3, -0.25) is 0 Å². The Morgan fingerprint density at radius 3 is 2.21 bits per heavy atom. The third kappa shape index (κ3) is 2.85. The van der Waals surface area contributed by atoms with E-state index in [0.29, 0.717) is 11.1 Å². The average molecular weight is 343 g/mol. The minimum absolute atomic E-state index is 0.0145. The zero-order valence-electron chi connectivity index (χ0n) is 13.3. The molecule has 0 spiro atoms. The lowest BCUT2D eigenvalue weighted by Crippen LogP contribution is -2.15. The zero-order chi connectivity index (χ0) is 17.5. The maximum atomic E-state index is 13.2. The van der Waals surface area contributed by atoms with E-state index in [-0.39, 0.29) is 28.9 Å². The van der Waals surface area contributed by atoms with E-state index in [2.05, 4.69) is 15.3 Å². The molecule has 1 fully saturated rings. The number of ether oxygens (including phenoxy) is 3. The largest absolute Gasteiger partial charge is 0.493 e. The lowest BCUT2D eigenvalue weighted by Gasteiger charge is -2.17. The van der Waals surface area contributed by atoms with Gasteiger partial charge < -0.3 is 19.5 Å². The van der Waals surface area contributed by atoms with Gasteiger partial charge in [0.25, 0.3) is 0 Å². The molecule has 1 aromatic heterocycles. The van der Waals surface area contributed by atoms with Crippen LogP contribution in [-0.2, 0) is 6.18 Å². The molecule has 1 aromatic carbocycles. The summed E-state index contributed by atoms with van der Waals surface area (Å²) < 4.78 is 55.2. The molecule has 3 rings (SSSR count). The number of methoxy groups -OCH3 is 3. The van der Waals surface area contributed by atoms with Crippen LogP contribution in [0.5, 0.6) is 17.2 Å². The van der Waals surface area contributed by atoms with Gasteiger partial charge in [0, 0.05) is 6.04 Å². The second kappa shape index (κ2) is 5.88. The molecule has 0 saturated heterocycles. The Bertz CT molecular complexity index is 776. The van der Waals surface area contributed by atoms with E-state index in [1.807, 2.05) is 0 Å². The van der Waals surface area contributed by atoms with Crippen LogP contribution in [0.3, 0.4) is 0 Å². The number of halogens is 3. The molecule has 0 bridgehead atoms. The molecule has 6 nitrogen and oxygen atoms in total. The van der Waals surface area contributed by atoms with E-state index < -0.39 is 12.0 Å². The molecule has 9 heteroatoms. The van der Waals surface area contributed by atoms with E-state index in [4.69, 9.17) is 14.2 Å². The third-order valence-corrected chi connectivity index (χ3v) is 3.67. The van der Waals surface area contributed by atoms with E-state index in [1.54, 1.807) is 6.07 Å². The number of hydrogen-bond acceptors (Lipinski definition) is 6. The molecule has 2 aromatic rings. The maximum Gasteiger partial charge on any atom is 0.451 e. The fourth-order valence-electron chi connectivity index (χ4n) is 2.39. The Morgan fingerprint density at radius 1 is 1.04 bits per heavy atom. The van der Waals surface area contributed by atoms with Crippen LogP contribution in [-0.4, -0.2) is 37.3 Å². The Morgan fingerprint density at radius 2 is 1.71 bits per heavy atom. The summed E-state index contributed by atoms with van der Waals surface area (Å²) in [6, 6.07) is 1.66. The van der Waals surface area contributed by atoms with Crippen molar-refractivity contribution >= 4 is 16.7 Å². The van der Waals surface area contributed by atoms with Crippen LogP contribution in [0.2, 0.25) is 0 Å². The topological polar surface area (TPSA) is 65.5 Å². The predicted octanol–water partition coefficient (Wildman–Crippen LogP) is 3.25. The predicted molar refractivity (Wildman–Crippen MR) is 80.8 cm³/mol. The van der Waals surface area contributed by atoms with Gasteiger partial charge >= 0.3 is 6.18 Å². The molecule has 1 saturated carbocycles. The summed E-state index contributed by atoms with van der Waals surface area (Å²) in [6.07, 6.45) is -2.90. The van der Waals surface area contributed by atoms with Crippen LogP contribution in [0.25, 0.3) is 10.9 Å². The lowest BCUT2D eigenvalue weighted by atomic mass is 10.1. The number of aromatic nitrogens is 2. The standard InChI is InChI=1S/C15H16F3N3O3/c1-22-9-6-8-10(12(24-3)11(9)23-2)20-14(15(16,17)18)21-13(8)19-7-4-5-7/h6-7H,4-5H2,1-3H3,(H,19,20,21). The summed E-state index contributed by atoms with van der Waals surface area (Å²) in [6.45, 7) is 0. The van der Waals surface area contributed by atoms with Crippen molar-refractivity contribution in [1.82, 2.24) is 9.97 Å². The van der Waals surface area contributed by atoms with Crippen LogP contribution in [0.15, 0.2) is 6.07 Å². The molecule has 1 aliphatic rings. The Kier molecular flexibility index (Phi) is 4.02. The first-order valence-corrected chi connectivity index (χ1v) is 7.23. The molecule has 0 atom stereocenters. The van der Waals surface area contributed by atoms with Crippen molar-refractivity contribution in [2.45, 2.75) is 25.1 Å². The van der Waals surface area contributed by atoms with Gasteiger partial charge in [-0.05, 0) is 18.9 Å². The van der Waals surface area contributed by atoms with E-state index >= 15 is 0 Å². The SMILES string of the molecule is COc1cc2c(NC3CC3)nc(C(F)(F)F)nc2c(OC)c1OC. The normalized spacial score (nSPS) is 14.6. The number of anilines is 1. The first-order chi connectivity index (χ1) is 11.4. The van der Waals surface area contributed by atoms with Crippen LogP contribution in [0.4, 0.5) is 19.0 Å². The van der Waals surface area contributed by atoms with Crippen LogP contribution < -0.4 is 19.5 Å². The molecular weight excluding hydrogens is 327 g/mol.